The van der Waals surface area contributed by atoms with Gasteiger partial charge in [0.15, 0.2) is 0 Å². The van der Waals surface area contributed by atoms with E-state index in [0.29, 0.717) is 4.88 Å². The molecule has 0 saturated heterocycles. The fourth-order valence-electron chi connectivity index (χ4n) is 2.43. The topological polar surface area (TPSA) is 66.4 Å². The number of nitrogens with one attached hydrogen (secondary N) is 1. The molecule has 136 valence electrons. The van der Waals surface area contributed by atoms with Gasteiger partial charge in [0, 0.05) is 21.5 Å². The Morgan fingerprint density at radius 2 is 1.81 bits per heavy atom. The summed E-state index contributed by atoms with van der Waals surface area (Å²) in [6.45, 7) is 0. The number of halogens is 2. The van der Waals surface area contributed by atoms with E-state index < -0.39 is 17.7 Å². The van der Waals surface area contributed by atoms with Crippen molar-refractivity contribution in [3.63, 3.8) is 0 Å². The Morgan fingerprint density at radius 3 is 2.48 bits per heavy atom. The molecule has 0 aliphatic rings. The highest BCUT2D eigenvalue weighted by atomic mass is 79.9. The second kappa shape index (κ2) is 8.28. The lowest BCUT2D eigenvalue weighted by atomic mass is 10.1. The maximum Gasteiger partial charge on any atom is 0.339 e. The molecule has 7 heteroatoms. The molecule has 0 fully saturated rings. The highest BCUT2D eigenvalue weighted by molar-refractivity contribution is 9.10. The van der Waals surface area contributed by atoms with E-state index >= 15 is 0 Å². The summed E-state index contributed by atoms with van der Waals surface area (Å²) in [7, 11) is 0. The van der Waals surface area contributed by atoms with Crippen molar-refractivity contribution in [1.29, 1.82) is 0 Å². The minimum Gasteiger partial charge on any atom is -0.478 e. The van der Waals surface area contributed by atoms with Crippen LogP contribution in [0, 0.1) is 5.82 Å². The van der Waals surface area contributed by atoms with E-state index in [4.69, 9.17) is 0 Å². The summed E-state index contributed by atoms with van der Waals surface area (Å²) in [5, 5.41) is 13.7. The summed E-state index contributed by atoms with van der Waals surface area (Å²) in [5.41, 5.74) is 1.23. The van der Waals surface area contributed by atoms with E-state index in [9.17, 15) is 19.1 Å². The highest BCUT2D eigenvalue weighted by Crippen LogP contribution is 2.36. The van der Waals surface area contributed by atoms with E-state index in [0.717, 1.165) is 10.0 Å². The second-order valence-corrected chi connectivity index (χ2v) is 7.30. The van der Waals surface area contributed by atoms with Crippen LogP contribution >= 0.6 is 27.3 Å². The molecule has 1 aromatic heterocycles. The molecule has 2 N–H and O–H groups in total. The van der Waals surface area contributed by atoms with Gasteiger partial charge >= 0.3 is 5.97 Å². The molecular formula is C20H13BrFNO3S. The average molecular weight is 446 g/mol. The zero-order valence-electron chi connectivity index (χ0n) is 13.8. The van der Waals surface area contributed by atoms with Gasteiger partial charge in [0.1, 0.15) is 11.4 Å². The minimum atomic E-state index is -1.14. The molecule has 0 aliphatic heterocycles. The molecule has 1 amide bonds. The first-order valence-electron chi connectivity index (χ1n) is 7.80. The highest BCUT2D eigenvalue weighted by Gasteiger charge is 2.20. The average Bonchev–Trinajstić information content (AvgIpc) is 3.05. The third-order valence-electron chi connectivity index (χ3n) is 3.69. The first-order chi connectivity index (χ1) is 13.0. The largest absolute Gasteiger partial charge is 0.478 e. The van der Waals surface area contributed by atoms with Crippen LogP contribution < -0.4 is 5.32 Å². The van der Waals surface area contributed by atoms with Gasteiger partial charge in [0.05, 0.1) is 10.6 Å². The molecule has 0 atom stereocenters. The maximum absolute atomic E-state index is 13.6. The number of aromatic carboxylic acids is 1. The zero-order chi connectivity index (χ0) is 19.4. The number of carbonyl (C=O) groups is 2. The van der Waals surface area contributed by atoms with Crippen molar-refractivity contribution in [3.8, 4) is 10.4 Å². The van der Waals surface area contributed by atoms with Gasteiger partial charge in [0.25, 0.3) is 0 Å². The van der Waals surface area contributed by atoms with Gasteiger partial charge in [-0.1, -0.05) is 46.3 Å². The number of carbonyl (C=O) groups excluding carboxylic acids is 1. The number of hydrogen-bond acceptors (Lipinski definition) is 3. The quantitative estimate of drug-likeness (QED) is 0.497. The Bertz CT molecular complexity index is 1030. The molecule has 0 bridgehead atoms. The lowest BCUT2D eigenvalue weighted by molar-refractivity contribution is -0.111. The molecule has 27 heavy (non-hydrogen) atoms. The lowest BCUT2D eigenvalue weighted by Gasteiger charge is -2.05. The van der Waals surface area contributed by atoms with E-state index in [-0.39, 0.29) is 16.8 Å². The van der Waals surface area contributed by atoms with Crippen molar-refractivity contribution >= 4 is 50.9 Å². The van der Waals surface area contributed by atoms with Crippen molar-refractivity contribution in [2.45, 2.75) is 0 Å². The monoisotopic (exact) mass is 445 g/mol. The van der Waals surface area contributed by atoms with Crippen molar-refractivity contribution in [2.24, 2.45) is 0 Å². The first kappa shape index (κ1) is 19.0. The SMILES string of the molecule is O=C(/C=C/c1ccccc1F)Nc1csc(-c2ccc(Br)cc2)c1C(=O)O. The number of carboxylic acid groups (broad SMARTS) is 1. The van der Waals surface area contributed by atoms with Crippen molar-refractivity contribution < 1.29 is 19.1 Å². The number of carboxylic acids is 1. The van der Waals surface area contributed by atoms with Crippen LogP contribution in [0.25, 0.3) is 16.5 Å². The molecule has 0 radical (unpaired) electrons. The Morgan fingerprint density at radius 1 is 1.11 bits per heavy atom. The van der Waals surface area contributed by atoms with Gasteiger partial charge in [-0.2, -0.15) is 0 Å². The lowest BCUT2D eigenvalue weighted by Crippen LogP contribution is -2.11. The predicted octanol–water partition coefficient (Wildman–Crippen LogP) is 5.67. The third-order valence-corrected chi connectivity index (χ3v) is 5.25. The minimum absolute atomic E-state index is 0.0231. The van der Waals surface area contributed by atoms with Crippen LogP contribution in [0.1, 0.15) is 15.9 Å². The van der Waals surface area contributed by atoms with E-state index in [1.165, 1.54) is 35.6 Å². The number of rotatable bonds is 5. The first-order valence-corrected chi connectivity index (χ1v) is 9.47. The van der Waals surface area contributed by atoms with Gasteiger partial charge in [0.2, 0.25) is 5.91 Å². The summed E-state index contributed by atoms with van der Waals surface area (Å²) in [5.74, 6) is -2.12. The molecule has 2 aromatic carbocycles. The zero-order valence-corrected chi connectivity index (χ0v) is 16.2. The molecule has 1 heterocycles. The molecule has 0 spiro atoms. The molecular weight excluding hydrogens is 433 g/mol. The Labute approximate surface area is 167 Å². The molecule has 0 aliphatic carbocycles. The maximum atomic E-state index is 13.6. The standard InChI is InChI=1S/C20H13BrFNO3S/c21-14-8-5-13(6-9-14)19-18(20(25)26)16(11-27-19)23-17(24)10-7-12-3-1-2-4-15(12)22/h1-11H,(H,23,24)(H,25,26)/b10-7+. The van der Waals surface area contributed by atoms with E-state index in [1.54, 1.807) is 29.6 Å². The van der Waals surface area contributed by atoms with Crippen LogP contribution in [0.5, 0.6) is 0 Å². The molecule has 3 aromatic rings. The van der Waals surface area contributed by atoms with Crippen LogP contribution in [-0.4, -0.2) is 17.0 Å². The van der Waals surface area contributed by atoms with Crippen LogP contribution in [0.15, 0.2) is 64.5 Å². The normalized spacial score (nSPS) is 10.9. The van der Waals surface area contributed by atoms with E-state index in [2.05, 4.69) is 21.2 Å². The second-order valence-electron chi connectivity index (χ2n) is 5.51. The molecule has 0 saturated carbocycles. The molecule has 0 unspecified atom stereocenters. The number of hydrogen-bond donors (Lipinski definition) is 2. The molecule has 4 nitrogen and oxygen atoms in total. The van der Waals surface area contributed by atoms with Gasteiger partial charge < -0.3 is 10.4 Å². The number of amides is 1. The summed E-state index contributed by atoms with van der Waals surface area (Å²) in [6, 6.07) is 13.3. The number of thiophene rings is 1. The van der Waals surface area contributed by atoms with Gasteiger partial charge in [-0.15, -0.1) is 11.3 Å². The van der Waals surface area contributed by atoms with Gasteiger partial charge in [-0.05, 0) is 29.8 Å². The van der Waals surface area contributed by atoms with Crippen LogP contribution in [0.3, 0.4) is 0 Å². The Kier molecular flexibility index (Phi) is 5.83. The fourth-order valence-corrected chi connectivity index (χ4v) is 3.69. The number of benzene rings is 2. The molecule has 3 rings (SSSR count). The van der Waals surface area contributed by atoms with Crippen LogP contribution in [0.4, 0.5) is 10.1 Å². The summed E-state index contributed by atoms with van der Waals surface area (Å²) in [6.07, 6.45) is 2.51. The summed E-state index contributed by atoms with van der Waals surface area (Å²) < 4.78 is 14.5. The summed E-state index contributed by atoms with van der Waals surface area (Å²) in [4.78, 5) is 24.4. The summed E-state index contributed by atoms with van der Waals surface area (Å²) >= 11 is 4.57. The van der Waals surface area contributed by atoms with Crippen LogP contribution in [-0.2, 0) is 4.79 Å². The van der Waals surface area contributed by atoms with Gasteiger partial charge in [-0.25, -0.2) is 9.18 Å². The fraction of sp³-hybridized carbons (Fsp3) is 0. The van der Waals surface area contributed by atoms with Gasteiger partial charge in [-0.3, -0.25) is 4.79 Å². The Hall–Kier alpha value is -2.77. The van der Waals surface area contributed by atoms with Crippen molar-refractivity contribution in [3.05, 3.63) is 81.4 Å². The van der Waals surface area contributed by atoms with Crippen LogP contribution in [0.2, 0.25) is 0 Å². The van der Waals surface area contributed by atoms with Crippen molar-refractivity contribution in [1.82, 2.24) is 0 Å². The smallest absolute Gasteiger partial charge is 0.339 e. The van der Waals surface area contributed by atoms with Crippen molar-refractivity contribution in [2.75, 3.05) is 5.32 Å². The van der Waals surface area contributed by atoms with E-state index in [1.807, 2.05) is 12.1 Å². The third kappa shape index (κ3) is 4.50. The number of anilines is 1. The Balaban J connectivity index is 1.85. The predicted molar refractivity (Wildman–Crippen MR) is 108 cm³/mol.